The van der Waals surface area contributed by atoms with Crippen LogP contribution < -0.4 is 5.14 Å². The van der Waals surface area contributed by atoms with Crippen molar-refractivity contribution < 1.29 is 13.2 Å². The monoisotopic (exact) mass is 282 g/mol. The molecule has 1 unspecified atom stereocenters. The van der Waals surface area contributed by atoms with Crippen LogP contribution in [0.1, 0.15) is 12.6 Å². The summed E-state index contributed by atoms with van der Waals surface area (Å²) in [6.07, 6.45) is -0.0113. The van der Waals surface area contributed by atoms with E-state index in [2.05, 4.69) is 0 Å². The van der Waals surface area contributed by atoms with Crippen molar-refractivity contribution in [1.29, 1.82) is 0 Å². The van der Waals surface area contributed by atoms with Crippen LogP contribution >= 0.6 is 0 Å². The molecule has 0 radical (unpaired) electrons. The van der Waals surface area contributed by atoms with Crippen LogP contribution in [0.3, 0.4) is 0 Å². The van der Waals surface area contributed by atoms with Crippen LogP contribution in [0.4, 0.5) is 0 Å². The van der Waals surface area contributed by atoms with Crippen molar-refractivity contribution in [1.82, 2.24) is 4.57 Å². The van der Waals surface area contributed by atoms with E-state index in [4.69, 9.17) is 9.88 Å². The number of para-hydroxylation sites is 1. The van der Waals surface area contributed by atoms with Gasteiger partial charge in [0, 0.05) is 30.3 Å². The Balaban J connectivity index is 2.75. The molecule has 0 aliphatic heterocycles. The van der Waals surface area contributed by atoms with Crippen molar-refractivity contribution >= 4 is 20.9 Å². The van der Waals surface area contributed by atoms with Crippen LogP contribution in [0, 0.1) is 6.92 Å². The van der Waals surface area contributed by atoms with Crippen molar-refractivity contribution in [2.24, 2.45) is 5.14 Å². The summed E-state index contributed by atoms with van der Waals surface area (Å²) in [7, 11) is -2.11. The SMILES string of the molecule is COC(C)Cn1c(C)c(S(N)(=O)=O)c2ccccc21. The van der Waals surface area contributed by atoms with Crippen LogP contribution in [0.25, 0.3) is 10.9 Å². The maximum atomic E-state index is 11.8. The number of sulfonamides is 1. The number of primary sulfonamides is 1. The Kier molecular flexibility index (Phi) is 3.66. The molecule has 0 bridgehead atoms. The first kappa shape index (κ1) is 14.0. The molecule has 1 heterocycles. The lowest BCUT2D eigenvalue weighted by molar-refractivity contribution is 0.104. The highest BCUT2D eigenvalue weighted by Crippen LogP contribution is 2.29. The minimum absolute atomic E-state index is 0.0113. The average Bonchev–Trinajstić information content (AvgIpc) is 2.62. The molecule has 104 valence electrons. The molecule has 1 aromatic heterocycles. The predicted molar refractivity (Wildman–Crippen MR) is 74.5 cm³/mol. The first-order chi connectivity index (χ1) is 8.86. The predicted octanol–water partition coefficient (Wildman–Crippen LogP) is 1.63. The zero-order valence-corrected chi connectivity index (χ0v) is 12.1. The summed E-state index contributed by atoms with van der Waals surface area (Å²) in [5, 5.41) is 5.99. The van der Waals surface area contributed by atoms with Gasteiger partial charge in [0.25, 0.3) is 0 Å². The van der Waals surface area contributed by atoms with Crippen LogP contribution in [0.5, 0.6) is 0 Å². The third kappa shape index (κ3) is 2.51. The second-order valence-corrected chi connectivity index (χ2v) is 6.13. The fourth-order valence-corrected chi connectivity index (χ4v) is 3.33. The van der Waals surface area contributed by atoms with Crippen molar-refractivity contribution in [3.63, 3.8) is 0 Å². The van der Waals surface area contributed by atoms with E-state index >= 15 is 0 Å². The minimum Gasteiger partial charge on any atom is -0.380 e. The van der Waals surface area contributed by atoms with Crippen LogP contribution in [-0.2, 0) is 21.3 Å². The Bertz CT molecular complexity index is 704. The van der Waals surface area contributed by atoms with Gasteiger partial charge in [0.15, 0.2) is 0 Å². The molecular formula is C13H18N2O3S. The highest BCUT2D eigenvalue weighted by atomic mass is 32.2. The smallest absolute Gasteiger partial charge is 0.240 e. The zero-order chi connectivity index (χ0) is 14.2. The fraction of sp³-hybridized carbons (Fsp3) is 0.385. The Hall–Kier alpha value is -1.37. The Morgan fingerprint density at radius 3 is 2.58 bits per heavy atom. The summed E-state index contributed by atoms with van der Waals surface area (Å²) in [5.41, 5.74) is 1.50. The van der Waals surface area contributed by atoms with E-state index in [1.165, 1.54) is 0 Å². The zero-order valence-electron chi connectivity index (χ0n) is 11.3. The van der Waals surface area contributed by atoms with Gasteiger partial charge in [-0.1, -0.05) is 18.2 Å². The molecule has 0 aliphatic rings. The molecular weight excluding hydrogens is 264 g/mol. The number of methoxy groups -OCH3 is 1. The molecule has 0 amide bonds. The molecule has 1 atom stereocenters. The molecule has 6 heteroatoms. The van der Waals surface area contributed by atoms with Crippen LogP contribution in [-0.4, -0.2) is 26.2 Å². The van der Waals surface area contributed by atoms with Gasteiger partial charge in [-0.15, -0.1) is 0 Å². The highest BCUT2D eigenvalue weighted by Gasteiger charge is 2.22. The first-order valence-corrected chi connectivity index (χ1v) is 7.54. The number of benzene rings is 1. The maximum Gasteiger partial charge on any atom is 0.240 e. The third-order valence-electron chi connectivity index (χ3n) is 3.30. The number of rotatable bonds is 4. The Morgan fingerprint density at radius 1 is 1.37 bits per heavy atom. The van der Waals surface area contributed by atoms with Crippen LogP contribution in [0.2, 0.25) is 0 Å². The Morgan fingerprint density at radius 2 is 2.00 bits per heavy atom. The van der Waals surface area contributed by atoms with E-state index in [0.717, 1.165) is 5.52 Å². The van der Waals surface area contributed by atoms with Crippen molar-refractivity contribution in [3.05, 3.63) is 30.0 Å². The molecule has 2 N–H and O–H groups in total. The summed E-state index contributed by atoms with van der Waals surface area (Å²) >= 11 is 0. The standard InChI is InChI=1S/C13H18N2O3S/c1-9(18-3)8-15-10(2)13(19(14,16)17)11-6-4-5-7-12(11)15/h4-7,9H,8H2,1-3H3,(H2,14,16,17). The van der Waals surface area contributed by atoms with Gasteiger partial charge < -0.3 is 9.30 Å². The average molecular weight is 282 g/mol. The number of hydrogen-bond donors (Lipinski definition) is 1. The molecule has 0 saturated carbocycles. The second-order valence-electron chi connectivity index (χ2n) is 4.63. The van der Waals surface area contributed by atoms with E-state index in [1.807, 2.05) is 23.6 Å². The first-order valence-electron chi connectivity index (χ1n) is 5.99. The van der Waals surface area contributed by atoms with E-state index in [0.29, 0.717) is 17.6 Å². The third-order valence-corrected chi connectivity index (χ3v) is 4.38. The molecule has 2 aromatic rings. The quantitative estimate of drug-likeness (QED) is 0.926. The van der Waals surface area contributed by atoms with Gasteiger partial charge in [0.1, 0.15) is 4.90 Å². The molecule has 1 aromatic carbocycles. The van der Waals surface area contributed by atoms with Gasteiger partial charge in [-0.25, -0.2) is 13.6 Å². The molecule has 2 rings (SSSR count). The maximum absolute atomic E-state index is 11.8. The summed E-state index contributed by atoms with van der Waals surface area (Å²) in [6, 6.07) is 7.35. The van der Waals surface area contributed by atoms with Crippen LogP contribution in [0.15, 0.2) is 29.2 Å². The number of nitrogens with two attached hydrogens (primary N) is 1. The fourth-order valence-electron chi connectivity index (χ4n) is 2.33. The molecule has 0 aliphatic carbocycles. The number of ether oxygens (including phenoxy) is 1. The number of hydrogen-bond acceptors (Lipinski definition) is 3. The summed E-state index contributed by atoms with van der Waals surface area (Å²) in [4.78, 5) is 0.200. The molecule has 19 heavy (non-hydrogen) atoms. The van der Waals surface area contributed by atoms with E-state index < -0.39 is 10.0 Å². The number of fused-ring (bicyclic) bond motifs is 1. The lowest BCUT2D eigenvalue weighted by Gasteiger charge is -2.13. The lowest BCUT2D eigenvalue weighted by Crippen LogP contribution is -2.17. The summed E-state index contributed by atoms with van der Waals surface area (Å²) in [6.45, 7) is 4.28. The minimum atomic E-state index is -3.74. The number of aromatic nitrogens is 1. The van der Waals surface area contributed by atoms with E-state index in [9.17, 15) is 8.42 Å². The van der Waals surface area contributed by atoms with Gasteiger partial charge in [-0.05, 0) is 19.9 Å². The van der Waals surface area contributed by atoms with Gasteiger partial charge in [0.05, 0.1) is 6.10 Å². The van der Waals surface area contributed by atoms with Gasteiger partial charge in [-0.2, -0.15) is 0 Å². The van der Waals surface area contributed by atoms with Crippen molar-refractivity contribution in [3.8, 4) is 0 Å². The Labute approximate surface area is 113 Å². The lowest BCUT2D eigenvalue weighted by atomic mass is 10.2. The molecule has 5 nitrogen and oxygen atoms in total. The van der Waals surface area contributed by atoms with Gasteiger partial charge in [0.2, 0.25) is 10.0 Å². The van der Waals surface area contributed by atoms with Crippen molar-refractivity contribution in [2.75, 3.05) is 7.11 Å². The molecule has 0 fully saturated rings. The largest absolute Gasteiger partial charge is 0.380 e. The number of nitrogens with zero attached hydrogens (tertiary/aromatic N) is 1. The van der Waals surface area contributed by atoms with E-state index in [-0.39, 0.29) is 11.0 Å². The molecule has 0 saturated heterocycles. The topological polar surface area (TPSA) is 74.3 Å². The highest BCUT2D eigenvalue weighted by molar-refractivity contribution is 7.89. The summed E-state index contributed by atoms with van der Waals surface area (Å²) < 4.78 is 30.7. The molecule has 0 spiro atoms. The normalized spacial score (nSPS) is 13.9. The second kappa shape index (κ2) is 4.96. The van der Waals surface area contributed by atoms with E-state index in [1.54, 1.807) is 26.2 Å². The summed E-state index contributed by atoms with van der Waals surface area (Å²) in [5.74, 6) is 0. The van der Waals surface area contributed by atoms with Gasteiger partial charge >= 0.3 is 0 Å². The van der Waals surface area contributed by atoms with Crippen molar-refractivity contribution in [2.45, 2.75) is 31.4 Å². The van der Waals surface area contributed by atoms with Gasteiger partial charge in [-0.3, -0.25) is 0 Å².